The molecule has 0 unspecified atom stereocenters. The SMILES string of the molecule is Nc1nc(NCCCc2cccc(F)c2)ncc1[N+](=O)[O-]. The van der Waals surface area contributed by atoms with E-state index in [2.05, 4.69) is 15.3 Å². The molecule has 0 atom stereocenters. The van der Waals surface area contributed by atoms with Gasteiger partial charge in [0.15, 0.2) is 0 Å². The normalized spacial score (nSPS) is 10.3. The van der Waals surface area contributed by atoms with Crippen LogP contribution in [0.1, 0.15) is 12.0 Å². The fourth-order valence-electron chi connectivity index (χ4n) is 1.80. The minimum absolute atomic E-state index is 0.178. The standard InChI is InChI=1S/C13H14FN5O2/c14-10-5-1-3-9(7-10)4-2-6-16-13-17-8-11(19(20)21)12(15)18-13/h1,3,5,7-8H,2,4,6H2,(H3,15,16,17,18). The fraction of sp³-hybridized carbons (Fsp3) is 0.231. The molecule has 0 aliphatic heterocycles. The van der Waals surface area contributed by atoms with Crippen LogP contribution in [0.2, 0.25) is 0 Å². The second kappa shape index (κ2) is 6.60. The molecule has 0 bridgehead atoms. The average molecular weight is 291 g/mol. The summed E-state index contributed by atoms with van der Waals surface area (Å²) < 4.78 is 13.0. The van der Waals surface area contributed by atoms with Gasteiger partial charge in [-0.2, -0.15) is 4.98 Å². The van der Waals surface area contributed by atoms with E-state index in [0.717, 1.165) is 18.2 Å². The Morgan fingerprint density at radius 3 is 2.90 bits per heavy atom. The Bertz CT molecular complexity index is 650. The maximum Gasteiger partial charge on any atom is 0.329 e. The highest BCUT2D eigenvalue weighted by Gasteiger charge is 2.13. The zero-order chi connectivity index (χ0) is 15.2. The molecule has 7 nitrogen and oxygen atoms in total. The average Bonchev–Trinajstić information content (AvgIpc) is 2.43. The summed E-state index contributed by atoms with van der Waals surface area (Å²) >= 11 is 0. The number of nitrogens with zero attached hydrogens (tertiary/aromatic N) is 3. The van der Waals surface area contributed by atoms with Crippen molar-refractivity contribution in [3.05, 3.63) is 52.0 Å². The largest absolute Gasteiger partial charge is 0.378 e. The van der Waals surface area contributed by atoms with Gasteiger partial charge in [-0.15, -0.1) is 0 Å². The summed E-state index contributed by atoms with van der Waals surface area (Å²) in [4.78, 5) is 17.6. The van der Waals surface area contributed by atoms with Gasteiger partial charge in [-0.1, -0.05) is 12.1 Å². The van der Waals surface area contributed by atoms with Crippen molar-refractivity contribution in [2.75, 3.05) is 17.6 Å². The lowest BCUT2D eigenvalue weighted by atomic mass is 10.1. The monoisotopic (exact) mass is 291 g/mol. The van der Waals surface area contributed by atoms with Crippen LogP contribution >= 0.6 is 0 Å². The lowest BCUT2D eigenvalue weighted by Crippen LogP contribution is -2.09. The Hall–Kier alpha value is -2.77. The molecule has 1 aromatic heterocycles. The van der Waals surface area contributed by atoms with Crippen LogP contribution in [0.4, 0.5) is 21.8 Å². The maximum atomic E-state index is 13.0. The Kier molecular flexibility index (Phi) is 4.60. The Balaban J connectivity index is 1.84. The van der Waals surface area contributed by atoms with Gasteiger partial charge in [0, 0.05) is 6.54 Å². The van der Waals surface area contributed by atoms with Crippen molar-refractivity contribution in [3.63, 3.8) is 0 Å². The Labute approximate surface area is 120 Å². The summed E-state index contributed by atoms with van der Waals surface area (Å²) in [6, 6.07) is 6.40. The van der Waals surface area contributed by atoms with Crippen molar-refractivity contribution in [2.24, 2.45) is 0 Å². The van der Waals surface area contributed by atoms with E-state index >= 15 is 0 Å². The number of nitrogens with two attached hydrogens (primary N) is 1. The molecule has 2 aromatic rings. The topological polar surface area (TPSA) is 107 Å². The Morgan fingerprint density at radius 2 is 2.24 bits per heavy atom. The van der Waals surface area contributed by atoms with Gasteiger partial charge in [-0.25, -0.2) is 9.37 Å². The zero-order valence-corrected chi connectivity index (χ0v) is 11.1. The molecule has 0 aliphatic rings. The minimum atomic E-state index is -0.636. The molecule has 110 valence electrons. The van der Waals surface area contributed by atoms with Crippen LogP contribution in [0.5, 0.6) is 0 Å². The summed E-state index contributed by atoms with van der Waals surface area (Å²) in [5, 5.41) is 13.5. The van der Waals surface area contributed by atoms with Crippen LogP contribution in [0, 0.1) is 15.9 Å². The quantitative estimate of drug-likeness (QED) is 0.479. The summed E-state index contributed by atoms with van der Waals surface area (Å²) in [5.41, 5.74) is 6.04. The zero-order valence-electron chi connectivity index (χ0n) is 11.1. The lowest BCUT2D eigenvalue weighted by molar-refractivity contribution is -0.384. The second-order valence-electron chi connectivity index (χ2n) is 4.38. The van der Waals surface area contributed by atoms with Gasteiger partial charge in [0.25, 0.3) is 0 Å². The highest BCUT2D eigenvalue weighted by atomic mass is 19.1. The van der Waals surface area contributed by atoms with Crippen LogP contribution in [0.25, 0.3) is 0 Å². The first kappa shape index (κ1) is 14.6. The molecule has 1 heterocycles. The lowest BCUT2D eigenvalue weighted by Gasteiger charge is -2.05. The number of hydrogen-bond acceptors (Lipinski definition) is 6. The van der Waals surface area contributed by atoms with Gasteiger partial charge in [0.05, 0.1) is 4.92 Å². The van der Waals surface area contributed by atoms with Gasteiger partial charge >= 0.3 is 5.69 Å². The third-order valence-electron chi connectivity index (χ3n) is 2.81. The van der Waals surface area contributed by atoms with E-state index in [-0.39, 0.29) is 23.3 Å². The molecule has 0 fully saturated rings. The van der Waals surface area contributed by atoms with E-state index in [0.29, 0.717) is 13.0 Å². The third kappa shape index (κ3) is 4.10. The number of aryl methyl sites for hydroxylation is 1. The van der Waals surface area contributed by atoms with E-state index in [1.807, 2.05) is 6.07 Å². The number of halogens is 1. The van der Waals surface area contributed by atoms with E-state index in [1.165, 1.54) is 12.1 Å². The second-order valence-corrected chi connectivity index (χ2v) is 4.38. The van der Waals surface area contributed by atoms with Crippen molar-refractivity contribution in [3.8, 4) is 0 Å². The molecule has 0 spiro atoms. The van der Waals surface area contributed by atoms with Crippen molar-refractivity contribution in [2.45, 2.75) is 12.8 Å². The number of nitro groups is 1. The van der Waals surface area contributed by atoms with E-state index in [4.69, 9.17) is 5.73 Å². The first-order chi connectivity index (χ1) is 10.1. The summed E-state index contributed by atoms with van der Waals surface area (Å²) in [7, 11) is 0. The minimum Gasteiger partial charge on any atom is -0.378 e. The molecular weight excluding hydrogens is 277 g/mol. The molecule has 0 aliphatic carbocycles. The van der Waals surface area contributed by atoms with E-state index in [1.54, 1.807) is 6.07 Å². The number of anilines is 2. The van der Waals surface area contributed by atoms with Gasteiger partial charge in [-0.05, 0) is 30.5 Å². The van der Waals surface area contributed by atoms with Gasteiger partial charge in [0.1, 0.15) is 12.0 Å². The molecule has 0 saturated carbocycles. The molecule has 2 rings (SSSR count). The summed E-state index contributed by atoms with van der Waals surface area (Å²) in [5.74, 6) is -0.202. The predicted molar refractivity (Wildman–Crippen MR) is 76.3 cm³/mol. The van der Waals surface area contributed by atoms with Crippen LogP contribution in [0.3, 0.4) is 0 Å². The molecule has 1 aromatic carbocycles. The molecule has 8 heteroatoms. The van der Waals surface area contributed by atoms with E-state index < -0.39 is 4.92 Å². The molecule has 0 saturated heterocycles. The third-order valence-corrected chi connectivity index (χ3v) is 2.81. The van der Waals surface area contributed by atoms with Gasteiger partial charge in [0.2, 0.25) is 11.8 Å². The van der Waals surface area contributed by atoms with Crippen molar-refractivity contribution >= 4 is 17.5 Å². The van der Waals surface area contributed by atoms with Crippen LogP contribution in [-0.2, 0) is 6.42 Å². The van der Waals surface area contributed by atoms with Crippen LogP contribution < -0.4 is 11.1 Å². The number of rotatable bonds is 6. The number of nitrogens with one attached hydrogen (secondary N) is 1. The summed E-state index contributed by atoms with van der Waals surface area (Å²) in [6.07, 6.45) is 2.51. The number of benzene rings is 1. The number of nitrogen functional groups attached to an aromatic ring is 1. The van der Waals surface area contributed by atoms with Crippen LogP contribution in [0.15, 0.2) is 30.5 Å². The fourth-order valence-corrected chi connectivity index (χ4v) is 1.80. The molecule has 21 heavy (non-hydrogen) atoms. The number of hydrogen-bond donors (Lipinski definition) is 2. The van der Waals surface area contributed by atoms with Crippen molar-refractivity contribution < 1.29 is 9.31 Å². The smallest absolute Gasteiger partial charge is 0.329 e. The maximum absolute atomic E-state index is 13.0. The van der Waals surface area contributed by atoms with Gasteiger partial charge in [-0.3, -0.25) is 10.1 Å². The van der Waals surface area contributed by atoms with Crippen LogP contribution in [-0.4, -0.2) is 21.4 Å². The van der Waals surface area contributed by atoms with Crippen molar-refractivity contribution in [1.82, 2.24) is 9.97 Å². The number of aromatic nitrogens is 2. The van der Waals surface area contributed by atoms with Gasteiger partial charge < -0.3 is 11.1 Å². The first-order valence-corrected chi connectivity index (χ1v) is 6.31. The Morgan fingerprint density at radius 1 is 1.43 bits per heavy atom. The molecular formula is C13H14FN5O2. The first-order valence-electron chi connectivity index (χ1n) is 6.31. The predicted octanol–water partition coefficient (Wildman–Crippen LogP) is 2.15. The summed E-state index contributed by atoms with van der Waals surface area (Å²) in [6.45, 7) is 0.549. The molecule has 0 amide bonds. The highest BCUT2D eigenvalue weighted by Crippen LogP contribution is 2.18. The molecule has 3 N–H and O–H groups in total. The van der Waals surface area contributed by atoms with Crippen molar-refractivity contribution in [1.29, 1.82) is 0 Å². The van der Waals surface area contributed by atoms with E-state index in [9.17, 15) is 14.5 Å². The molecule has 0 radical (unpaired) electrons. The highest BCUT2D eigenvalue weighted by molar-refractivity contribution is 5.53.